The molecule has 0 aliphatic carbocycles. The summed E-state index contributed by atoms with van der Waals surface area (Å²) in [5.74, 6) is 0.656. The summed E-state index contributed by atoms with van der Waals surface area (Å²) < 4.78 is 48.4. The zero-order chi connectivity index (χ0) is 23.3. The van der Waals surface area contributed by atoms with E-state index >= 15 is 0 Å². The molecule has 0 saturated heterocycles. The molecule has 0 atom stereocenters. The van der Waals surface area contributed by atoms with E-state index < -0.39 is 15.8 Å². The van der Waals surface area contributed by atoms with E-state index in [1.165, 1.54) is 24.3 Å². The van der Waals surface area contributed by atoms with Gasteiger partial charge in [0.15, 0.2) is 11.5 Å². The number of primary sulfonamides is 1. The largest absolute Gasteiger partial charge is 0.490 e. The van der Waals surface area contributed by atoms with E-state index in [-0.39, 0.29) is 16.5 Å². The molecule has 0 aliphatic rings. The molecule has 0 unspecified atom stereocenters. The Bertz CT molecular complexity index is 1210. The molecule has 0 bridgehead atoms. The van der Waals surface area contributed by atoms with Crippen LogP contribution in [0.4, 0.5) is 10.1 Å². The first-order chi connectivity index (χ1) is 15.2. The van der Waals surface area contributed by atoms with Crippen LogP contribution in [0.15, 0.2) is 64.0 Å². The van der Waals surface area contributed by atoms with Gasteiger partial charge in [-0.05, 0) is 61.0 Å². The molecule has 170 valence electrons. The minimum atomic E-state index is -3.73. The number of benzene rings is 3. The molecule has 32 heavy (non-hydrogen) atoms. The highest BCUT2D eigenvalue weighted by atomic mass is 79.9. The summed E-state index contributed by atoms with van der Waals surface area (Å²) in [4.78, 5) is 0.0469. The third kappa shape index (κ3) is 6.35. The zero-order valence-corrected chi connectivity index (χ0v) is 20.2. The molecule has 10 heteroatoms. The highest BCUT2D eigenvalue weighted by molar-refractivity contribution is 9.10. The van der Waals surface area contributed by atoms with Crippen molar-refractivity contribution < 1.29 is 22.3 Å². The van der Waals surface area contributed by atoms with E-state index in [2.05, 4.69) is 21.2 Å². The summed E-state index contributed by atoms with van der Waals surface area (Å²) in [6.07, 6.45) is 0. The predicted molar refractivity (Wildman–Crippen MR) is 126 cm³/mol. The fourth-order valence-electron chi connectivity index (χ4n) is 2.85. The van der Waals surface area contributed by atoms with E-state index in [0.29, 0.717) is 30.2 Å². The molecule has 0 saturated carbocycles. The second-order valence-electron chi connectivity index (χ2n) is 6.77. The Morgan fingerprint density at radius 2 is 1.72 bits per heavy atom. The fourth-order valence-corrected chi connectivity index (χ4v) is 4.05. The molecule has 3 rings (SSSR count). The lowest BCUT2D eigenvalue weighted by atomic mass is 10.2. The van der Waals surface area contributed by atoms with Crippen molar-refractivity contribution in [3.8, 4) is 11.5 Å². The van der Waals surface area contributed by atoms with Crippen molar-refractivity contribution >= 4 is 43.2 Å². The zero-order valence-electron chi connectivity index (χ0n) is 17.1. The van der Waals surface area contributed by atoms with Crippen molar-refractivity contribution in [2.24, 2.45) is 5.14 Å². The van der Waals surface area contributed by atoms with Crippen LogP contribution >= 0.6 is 27.5 Å². The van der Waals surface area contributed by atoms with Crippen LogP contribution < -0.4 is 19.9 Å². The number of nitrogens with two attached hydrogens (primary N) is 1. The minimum Gasteiger partial charge on any atom is -0.490 e. The molecule has 0 aromatic heterocycles. The molecule has 3 aromatic rings. The van der Waals surface area contributed by atoms with E-state index in [0.717, 1.165) is 15.7 Å². The Labute approximate surface area is 199 Å². The maximum atomic E-state index is 13.3. The average Bonchev–Trinajstić information content (AvgIpc) is 2.73. The number of rotatable bonds is 9. The highest BCUT2D eigenvalue weighted by Crippen LogP contribution is 2.35. The topological polar surface area (TPSA) is 90.6 Å². The quantitative estimate of drug-likeness (QED) is 0.373. The normalized spacial score (nSPS) is 11.3. The van der Waals surface area contributed by atoms with Crippen molar-refractivity contribution in [2.45, 2.75) is 25.0 Å². The van der Waals surface area contributed by atoms with Gasteiger partial charge in [0.25, 0.3) is 0 Å². The maximum Gasteiger partial charge on any atom is 0.238 e. The molecule has 3 aromatic carbocycles. The van der Waals surface area contributed by atoms with E-state index in [1.54, 1.807) is 24.3 Å². The number of ether oxygens (including phenoxy) is 2. The van der Waals surface area contributed by atoms with Crippen molar-refractivity contribution in [1.82, 2.24) is 0 Å². The van der Waals surface area contributed by atoms with Crippen molar-refractivity contribution in [3.63, 3.8) is 0 Å². The van der Waals surface area contributed by atoms with Crippen LogP contribution in [-0.4, -0.2) is 15.0 Å². The monoisotopic (exact) mass is 542 g/mol. The second kappa shape index (κ2) is 10.5. The van der Waals surface area contributed by atoms with Crippen LogP contribution in [0.2, 0.25) is 5.02 Å². The Morgan fingerprint density at radius 1 is 1.03 bits per heavy atom. The van der Waals surface area contributed by atoms with Gasteiger partial charge in [-0.15, -0.1) is 0 Å². The molecule has 0 aliphatic heterocycles. The van der Waals surface area contributed by atoms with Crippen LogP contribution in [0, 0.1) is 5.82 Å². The van der Waals surface area contributed by atoms with Gasteiger partial charge in [0.05, 0.1) is 16.5 Å². The Morgan fingerprint density at radius 3 is 2.34 bits per heavy atom. The minimum absolute atomic E-state index is 0.0469. The first-order valence-corrected chi connectivity index (χ1v) is 12.3. The second-order valence-corrected chi connectivity index (χ2v) is 9.59. The van der Waals surface area contributed by atoms with Gasteiger partial charge in [0.1, 0.15) is 12.4 Å². The number of hydrogen-bond donors (Lipinski definition) is 2. The van der Waals surface area contributed by atoms with Crippen molar-refractivity contribution in [2.75, 3.05) is 11.9 Å². The van der Waals surface area contributed by atoms with Crippen LogP contribution in [0.25, 0.3) is 0 Å². The molecular weight excluding hydrogens is 523 g/mol. The maximum absolute atomic E-state index is 13.3. The van der Waals surface area contributed by atoms with E-state index in [4.69, 9.17) is 26.2 Å². The van der Waals surface area contributed by atoms with Crippen LogP contribution in [0.5, 0.6) is 11.5 Å². The number of halogens is 3. The molecule has 0 fully saturated rings. The first-order valence-electron chi connectivity index (χ1n) is 9.56. The SMILES string of the molecule is CCOc1cc(CNc2ccc(S(N)(=O)=O)cc2)c(Br)cc1OCc1ccc(F)cc1Cl. The lowest BCUT2D eigenvalue weighted by Crippen LogP contribution is -2.12. The smallest absolute Gasteiger partial charge is 0.238 e. The molecule has 3 N–H and O–H groups in total. The van der Waals surface area contributed by atoms with Crippen molar-refractivity contribution in [1.29, 1.82) is 0 Å². The van der Waals surface area contributed by atoms with Crippen molar-refractivity contribution in [3.05, 3.63) is 81.0 Å². The summed E-state index contributed by atoms with van der Waals surface area (Å²) in [7, 11) is -3.73. The first kappa shape index (κ1) is 24.3. The summed E-state index contributed by atoms with van der Waals surface area (Å²) >= 11 is 9.63. The van der Waals surface area contributed by atoms with E-state index in [9.17, 15) is 12.8 Å². The number of anilines is 1. The average molecular weight is 544 g/mol. The van der Waals surface area contributed by atoms with Gasteiger partial charge in [-0.1, -0.05) is 33.6 Å². The number of sulfonamides is 1. The standard InChI is InChI=1S/C22H21BrClFN2O4S/c1-2-30-21-9-15(12-27-17-5-7-18(8-6-17)32(26,28)29)19(23)11-22(21)31-13-14-3-4-16(25)10-20(14)24/h3-11,27H,2,12-13H2,1H3,(H2,26,28,29). The van der Waals surface area contributed by atoms with Gasteiger partial charge in [-0.25, -0.2) is 17.9 Å². The Kier molecular flexibility index (Phi) is 8.00. The highest BCUT2D eigenvalue weighted by Gasteiger charge is 2.13. The third-order valence-corrected chi connectivity index (χ3v) is 6.50. The number of nitrogens with one attached hydrogen (secondary N) is 1. The van der Waals surface area contributed by atoms with Gasteiger partial charge in [0, 0.05) is 22.3 Å². The summed E-state index contributed by atoms with van der Waals surface area (Å²) in [5.41, 5.74) is 2.28. The molecule has 0 heterocycles. The summed E-state index contributed by atoms with van der Waals surface area (Å²) in [6.45, 7) is 2.91. The van der Waals surface area contributed by atoms with Gasteiger partial charge in [0.2, 0.25) is 10.0 Å². The lowest BCUT2D eigenvalue weighted by Gasteiger charge is -2.16. The van der Waals surface area contributed by atoms with Gasteiger partial charge < -0.3 is 14.8 Å². The van der Waals surface area contributed by atoms with Gasteiger partial charge >= 0.3 is 0 Å². The lowest BCUT2D eigenvalue weighted by molar-refractivity contribution is 0.269. The molecule has 6 nitrogen and oxygen atoms in total. The predicted octanol–water partition coefficient (Wildman–Crippen LogP) is 5.48. The molecule has 0 spiro atoms. The fraction of sp³-hybridized carbons (Fsp3) is 0.182. The molecule has 0 amide bonds. The molecular formula is C22H21BrClFN2O4S. The number of hydrogen-bond acceptors (Lipinski definition) is 5. The van der Waals surface area contributed by atoms with Crippen LogP contribution in [0.1, 0.15) is 18.1 Å². The van der Waals surface area contributed by atoms with Crippen LogP contribution in [-0.2, 0) is 23.2 Å². The molecule has 0 radical (unpaired) electrons. The summed E-state index contributed by atoms with van der Waals surface area (Å²) in [5, 5.41) is 8.64. The van der Waals surface area contributed by atoms with Gasteiger partial charge in [-0.3, -0.25) is 0 Å². The Balaban J connectivity index is 1.74. The van der Waals surface area contributed by atoms with Gasteiger partial charge in [-0.2, -0.15) is 0 Å². The summed E-state index contributed by atoms with van der Waals surface area (Å²) in [6, 6.07) is 13.9. The third-order valence-electron chi connectivity index (χ3n) is 4.48. The van der Waals surface area contributed by atoms with E-state index in [1.807, 2.05) is 13.0 Å². The Hall–Kier alpha value is -2.33. The van der Waals surface area contributed by atoms with Crippen LogP contribution in [0.3, 0.4) is 0 Å².